The fourth-order valence-electron chi connectivity index (χ4n) is 2.17. The minimum absolute atomic E-state index is 0.0516. The number of nitrogens with zero attached hydrogens (tertiary/aromatic N) is 2. The van der Waals surface area contributed by atoms with Gasteiger partial charge in [0.2, 0.25) is 0 Å². The Bertz CT molecular complexity index is 711. The number of H-pyrrole nitrogens is 1. The highest BCUT2D eigenvalue weighted by molar-refractivity contribution is 5.82. The lowest BCUT2D eigenvalue weighted by molar-refractivity contribution is 0.438. The molecule has 0 aliphatic rings. The van der Waals surface area contributed by atoms with Crippen LogP contribution in [0.3, 0.4) is 0 Å². The van der Waals surface area contributed by atoms with Crippen LogP contribution in [0, 0.1) is 13.8 Å². The molecule has 0 unspecified atom stereocenters. The van der Waals surface area contributed by atoms with Gasteiger partial charge in [0.1, 0.15) is 0 Å². The minimum atomic E-state index is -0.0516. The van der Waals surface area contributed by atoms with Crippen LogP contribution in [0.25, 0.3) is 22.2 Å². The van der Waals surface area contributed by atoms with E-state index in [1.54, 1.807) is 0 Å². The summed E-state index contributed by atoms with van der Waals surface area (Å²) < 4.78 is 0. The van der Waals surface area contributed by atoms with E-state index >= 15 is 0 Å². The molecule has 0 saturated heterocycles. The molecule has 0 fully saturated rings. The number of fused-ring (bicyclic) bond motifs is 1. The van der Waals surface area contributed by atoms with Gasteiger partial charge in [-0.1, -0.05) is 6.07 Å². The molecule has 0 atom stereocenters. The molecular formula is C14H13N3O. The number of aromatic nitrogens is 3. The van der Waals surface area contributed by atoms with Crippen LogP contribution < -0.4 is 0 Å². The van der Waals surface area contributed by atoms with Crippen molar-refractivity contribution in [2.45, 2.75) is 13.8 Å². The van der Waals surface area contributed by atoms with Crippen molar-refractivity contribution in [3.05, 3.63) is 41.7 Å². The van der Waals surface area contributed by atoms with Gasteiger partial charge >= 0.3 is 0 Å². The summed E-state index contributed by atoms with van der Waals surface area (Å²) in [5.74, 6) is 0. The SMILES string of the molecule is Cc1cc(-c2ccc3[nH]c(O)nc3c2)cc(C)n1. The fourth-order valence-corrected chi connectivity index (χ4v) is 2.17. The van der Waals surface area contributed by atoms with Gasteiger partial charge in [0.05, 0.1) is 11.0 Å². The Morgan fingerprint density at radius 3 is 2.39 bits per heavy atom. The Labute approximate surface area is 104 Å². The van der Waals surface area contributed by atoms with E-state index in [0.29, 0.717) is 0 Å². The van der Waals surface area contributed by atoms with Gasteiger partial charge in [-0.05, 0) is 49.2 Å². The Kier molecular flexibility index (Phi) is 2.30. The van der Waals surface area contributed by atoms with Crippen molar-refractivity contribution in [1.82, 2.24) is 15.0 Å². The third-order valence-electron chi connectivity index (χ3n) is 2.89. The number of nitrogens with one attached hydrogen (secondary N) is 1. The van der Waals surface area contributed by atoms with Gasteiger partial charge in [-0.15, -0.1) is 0 Å². The molecule has 0 bridgehead atoms. The molecular weight excluding hydrogens is 226 g/mol. The number of hydrogen-bond donors (Lipinski definition) is 2. The normalized spacial score (nSPS) is 11.0. The standard InChI is InChI=1S/C14H13N3O/c1-8-5-11(6-9(2)15-8)10-3-4-12-13(7-10)17-14(18)16-12/h3-7H,1-2H3,(H2,16,17,18). The molecule has 2 heterocycles. The number of hydrogen-bond acceptors (Lipinski definition) is 3. The summed E-state index contributed by atoms with van der Waals surface area (Å²) >= 11 is 0. The quantitative estimate of drug-likeness (QED) is 0.686. The molecule has 0 saturated carbocycles. The zero-order valence-corrected chi connectivity index (χ0v) is 10.2. The average Bonchev–Trinajstić information content (AvgIpc) is 2.66. The average molecular weight is 239 g/mol. The zero-order valence-electron chi connectivity index (χ0n) is 10.2. The molecule has 2 N–H and O–H groups in total. The van der Waals surface area contributed by atoms with Crippen molar-refractivity contribution in [1.29, 1.82) is 0 Å². The number of aromatic hydroxyl groups is 1. The van der Waals surface area contributed by atoms with Crippen LogP contribution >= 0.6 is 0 Å². The largest absolute Gasteiger partial charge is 0.480 e. The van der Waals surface area contributed by atoms with Crippen molar-refractivity contribution < 1.29 is 5.11 Å². The monoisotopic (exact) mass is 239 g/mol. The van der Waals surface area contributed by atoms with Crippen molar-refractivity contribution in [3.8, 4) is 17.1 Å². The first-order valence-electron chi connectivity index (χ1n) is 5.76. The van der Waals surface area contributed by atoms with Crippen LogP contribution in [-0.4, -0.2) is 20.1 Å². The van der Waals surface area contributed by atoms with E-state index in [4.69, 9.17) is 0 Å². The third kappa shape index (κ3) is 1.82. The molecule has 0 spiro atoms. The van der Waals surface area contributed by atoms with Crippen molar-refractivity contribution in [2.24, 2.45) is 0 Å². The van der Waals surface area contributed by atoms with Crippen LogP contribution in [0.4, 0.5) is 0 Å². The van der Waals surface area contributed by atoms with Gasteiger partial charge < -0.3 is 10.1 Å². The topological polar surface area (TPSA) is 61.8 Å². The molecule has 90 valence electrons. The maximum absolute atomic E-state index is 9.33. The molecule has 4 nitrogen and oxygen atoms in total. The molecule has 3 rings (SSSR count). The highest BCUT2D eigenvalue weighted by Gasteiger charge is 2.05. The predicted octanol–water partition coefficient (Wildman–Crippen LogP) is 2.95. The Morgan fingerprint density at radius 2 is 1.67 bits per heavy atom. The Balaban J connectivity index is 2.18. The minimum Gasteiger partial charge on any atom is -0.480 e. The van der Waals surface area contributed by atoms with Gasteiger partial charge in [0, 0.05) is 11.4 Å². The van der Waals surface area contributed by atoms with Gasteiger partial charge in [-0.3, -0.25) is 4.98 Å². The number of aryl methyl sites for hydroxylation is 2. The van der Waals surface area contributed by atoms with E-state index in [2.05, 4.69) is 15.0 Å². The summed E-state index contributed by atoms with van der Waals surface area (Å²) in [6.45, 7) is 3.96. The van der Waals surface area contributed by atoms with E-state index in [9.17, 15) is 5.11 Å². The highest BCUT2D eigenvalue weighted by atomic mass is 16.3. The first-order chi connectivity index (χ1) is 8.61. The molecule has 0 aliphatic carbocycles. The predicted molar refractivity (Wildman–Crippen MR) is 70.5 cm³/mol. The number of pyridine rings is 1. The number of imidazole rings is 1. The number of aromatic amines is 1. The second kappa shape index (κ2) is 3.84. The first-order valence-corrected chi connectivity index (χ1v) is 5.76. The summed E-state index contributed by atoms with van der Waals surface area (Å²) in [5.41, 5.74) is 5.77. The Hall–Kier alpha value is -2.36. The number of benzene rings is 1. The van der Waals surface area contributed by atoms with Gasteiger partial charge in [0.15, 0.2) is 0 Å². The van der Waals surface area contributed by atoms with Crippen LogP contribution in [0.1, 0.15) is 11.4 Å². The van der Waals surface area contributed by atoms with E-state index in [0.717, 1.165) is 33.5 Å². The molecule has 2 aromatic heterocycles. The molecule has 0 amide bonds. The van der Waals surface area contributed by atoms with E-state index in [-0.39, 0.29) is 6.01 Å². The highest BCUT2D eigenvalue weighted by Crippen LogP contribution is 2.25. The number of rotatable bonds is 1. The lowest BCUT2D eigenvalue weighted by Gasteiger charge is -2.04. The first kappa shape index (κ1) is 10.8. The maximum Gasteiger partial charge on any atom is 0.292 e. The van der Waals surface area contributed by atoms with Gasteiger partial charge in [-0.25, -0.2) is 0 Å². The van der Waals surface area contributed by atoms with E-state index < -0.39 is 0 Å². The smallest absolute Gasteiger partial charge is 0.292 e. The van der Waals surface area contributed by atoms with Gasteiger partial charge in [-0.2, -0.15) is 4.98 Å². The summed E-state index contributed by atoms with van der Waals surface area (Å²) in [4.78, 5) is 11.2. The zero-order chi connectivity index (χ0) is 12.7. The molecule has 3 aromatic rings. The Morgan fingerprint density at radius 1 is 0.944 bits per heavy atom. The van der Waals surface area contributed by atoms with Crippen LogP contribution in [0.15, 0.2) is 30.3 Å². The lowest BCUT2D eigenvalue weighted by atomic mass is 10.0. The fraction of sp³-hybridized carbons (Fsp3) is 0.143. The van der Waals surface area contributed by atoms with Crippen molar-refractivity contribution in [2.75, 3.05) is 0 Å². The second-order valence-electron chi connectivity index (χ2n) is 4.43. The molecule has 18 heavy (non-hydrogen) atoms. The van der Waals surface area contributed by atoms with Gasteiger partial charge in [0.25, 0.3) is 6.01 Å². The summed E-state index contributed by atoms with van der Waals surface area (Å²) in [6.07, 6.45) is 0. The third-order valence-corrected chi connectivity index (χ3v) is 2.89. The summed E-state index contributed by atoms with van der Waals surface area (Å²) in [7, 11) is 0. The van der Waals surface area contributed by atoms with Crippen LogP contribution in [0.2, 0.25) is 0 Å². The summed E-state index contributed by atoms with van der Waals surface area (Å²) in [5, 5.41) is 9.33. The molecule has 0 aliphatic heterocycles. The summed E-state index contributed by atoms with van der Waals surface area (Å²) in [6, 6.07) is 9.92. The lowest BCUT2D eigenvalue weighted by Crippen LogP contribution is -1.88. The molecule has 0 radical (unpaired) electrons. The van der Waals surface area contributed by atoms with Crippen molar-refractivity contribution >= 4 is 11.0 Å². The maximum atomic E-state index is 9.33. The van der Waals surface area contributed by atoms with Crippen LogP contribution in [-0.2, 0) is 0 Å². The second-order valence-corrected chi connectivity index (χ2v) is 4.43. The van der Waals surface area contributed by atoms with E-state index in [1.165, 1.54) is 0 Å². The van der Waals surface area contributed by atoms with E-state index in [1.807, 2.05) is 44.2 Å². The molecule has 4 heteroatoms. The molecule has 1 aromatic carbocycles. The van der Waals surface area contributed by atoms with Crippen molar-refractivity contribution in [3.63, 3.8) is 0 Å². The van der Waals surface area contributed by atoms with Crippen LogP contribution in [0.5, 0.6) is 6.01 Å².